The molecule has 8 nitrogen and oxygen atoms in total. The molecule has 29 heavy (non-hydrogen) atoms. The van der Waals surface area contributed by atoms with Crippen molar-refractivity contribution < 1.29 is 23.5 Å². The molecule has 1 amide bonds. The molecule has 1 aromatic heterocycles. The van der Waals surface area contributed by atoms with E-state index in [2.05, 4.69) is 22.3 Å². The molecule has 154 valence electrons. The Kier molecular flexibility index (Phi) is 7.02. The normalized spacial score (nSPS) is 13.4. The van der Waals surface area contributed by atoms with Crippen LogP contribution in [0.4, 0.5) is 0 Å². The van der Waals surface area contributed by atoms with Gasteiger partial charge in [-0.05, 0) is 24.5 Å². The molecule has 1 aliphatic heterocycles. The molecular weight excluding hydrogens is 376 g/mol. The molecule has 3 rings (SSSR count). The summed E-state index contributed by atoms with van der Waals surface area (Å²) >= 11 is 0. The molecule has 1 aromatic carbocycles. The minimum absolute atomic E-state index is 0.0518. The van der Waals surface area contributed by atoms with Crippen molar-refractivity contribution in [2.24, 2.45) is 0 Å². The lowest BCUT2D eigenvalue weighted by molar-refractivity contribution is -0.143. The number of nitrogens with zero attached hydrogens (tertiary/aromatic N) is 1. The van der Waals surface area contributed by atoms with Gasteiger partial charge in [-0.2, -0.15) is 0 Å². The first-order valence-electron chi connectivity index (χ1n) is 9.51. The summed E-state index contributed by atoms with van der Waals surface area (Å²) in [6.07, 6.45) is 2.18. The van der Waals surface area contributed by atoms with Crippen LogP contribution in [0.3, 0.4) is 0 Å². The predicted molar refractivity (Wildman–Crippen MR) is 104 cm³/mol. The average molecular weight is 400 g/mol. The lowest BCUT2D eigenvalue weighted by atomic mass is 10.00. The smallest absolute Gasteiger partial charge is 0.325 e. The van der Waals surface area contributed by atoms with Gasteiger partial charge in [-0.1, -0.05) is 24.3 Å². The maximum absolute atomic E-state index is 12.2. The van der Waals surface area contributed by atoms with Crippen LogP contribution in [0.2, 0.25) is 0 Å². The average Bonchev–Trinajstić information content (AvgIpc) is 2.72. The summed E-state index contributed by atoms with van der Waals surface area (Å²) in [7, 11) is 0. The zero-order valence-electron chi connectivity index (χ0n) is 16.3. The van der Waals surface area contributed by atoms with E-state index in [0.717, 1.165) is 19.5 Å². The lowest BCUT2D eigenvalue weighted by Gasteiger charge is -2.28. The molecule has 0 atom stereocenters. The van der Waals surface area contributed by atoms with Crippen molar-refractivity contribution in [3.05, 3.63) is 63.7 Å². The van der Waals surface area contributed by atoms with Crippen LogP contribution in [-0.4, -0.2) is 43.1 Å². The molecule has 2 aromatic rings. The van der Waals surface area contributed by atoms with Crippen molar-refractivity contribution in [2.75, 3.05) is 26.3 Å². The van der Waals surface area contributed by atoms with E-state index in [0.29, 0.717) is 12.3 Å². The second-order valence-corrected chi connectivity index (χ2v) is 6.67. The number of ether oxygens (including phenoxy) is 2. The Labute approximate surface area is 168 Å². The molecule has 1 N–H and O–H groups in total. The minimum atomic E-state index is -0.537. The van der Waals surface area contributed by atoms with Gasteiger partial charge >= 0.3 is 5.97 Å². The van der Waals surface area contributed by atoms with E-state index in [1.54, 1.807) is 6.92 Å². The summed E-state index contributed by atoms with van der Waals surface area (Å²) in [4.78, 5) is 37.3. The molecule has 0 spiro atoms. The number of hydrogen-bond donors (Lipinski definition) is 1. The van der Waals surface area contributed by atoms with Crippen LogP contribution < -0.4 is 15.5 Å². The first-order valence-corrected chi connectivity index (χ1v) is 9.51. The maximum Gasteiger partial charge on any atom is 0.325 e. The number of hydrogen-bond acceptors (Lipinski definition) is 7. The Hall–Kier alpha value is -3.13. The fourth-order valence-corrected chi connectivity index (χ4v) is 3.11. The van der Waals surface area contributed by atoms with Crippen molar-refractivity contribution in [1.82, 2.24) is 10.2 Å². The van der Waals surface area contributed by atoms with Gasteiger partial charge < -0.3 is 19.2 Å². The molecular formula is C21H24N2O6. The molecule has 0 fully saturated rings. The van der Waals surface area contributed by atoms with Crippen molar-refractivity contribution in [3.63, 3.8) is 0 Å². The quantitative estimate of drug-likeness (QED) is 0.666. The molecule has 0 bridgehead atoms. The third-order valence-electron chi connectivity index (χ3n) is 4.54. The first-order chi connectivity index (χ1) is 14.0. The molecule has 1 aliphatic rings. The molecule has 0 saturated carbocycles. The summed E-state index contributed by atoms with van der Waals surface area (Å²) in [6, 6.07) is 9.70. The third kappa shape index (κ3) is 5.92. The molecule has 0 saturated heterocycles. The van der Waals surface area contributed by atoms with Crippen LogP contribution in [0.15, 0.2) is 45.8 Å². The highest BCUT2D eigenvalue weighted by atomic mass is 16.5. The number of carbonyl (C=O) groups is 2. The Bertz CT molecular complexity index is 923. The van der Waals surface area contributed by atoms with Crippen LogP contribution in [0.25, 0.3) is 0 Å². The summed E-state index contributed by atoms with van der Waals surface area (Å²) in [5, 5.41) is 2.35. The van der Waals surface area contributed by atoms with Crippen molar-refractivity contribution in [2.45, 2.75) is 26.4 Å². The van der Waals surface area contributed by atoms with Crippen molar-refractivity contribution in [1.29, 1.82) is 0 Å². The molecule has 0 radical (unpaired) electrons. The largest absolute Gasteiger partial charge is 0.477 e. The van der Waals surface area contributed by atoms with Crippen molar-refractivity contribution in [3.8, 4) is 5.75 Å². The van der Waals surface area contributed by atoms with Crippen LogP contribution in [0, 0.1) is 0 Å². The molecule has 0 unspecified atom stereocenters. The first kappa shape index (κ1) is 20.6. The van der Waals surface area contributed by atoms with Gasteiger partial charge in [0.1, 0.15) is 18.6 Å². The van der Waals surface area contributed by atoms with Crippen LogP contribution in [-0.2, 0) is 33.8 Å². The van der Waals surface area contributed by atoms with E-state index in [1.807, 2.05) is 12.1 Å². The predicted octanol–water partition coefficient (Wildman–Crippen LogP) is 1.26. The third-order valence-corrected chi connectivity index (χ3v) is 4.54. The van der Waals surface area contributed by atoms with Gasteiger partial charge in [0.25, 0.3) is 5.91 Å². The van der Waals surface area contributed by atoms with Gasteiger partial charge in [0.2, 0.25) is 11.2 Å². The van der Waals surface area contributed by atoms with Gasteiger partial charge in [0, 0.05) is 19.2 Å². The van der Waals surface area contributed by atoms with Gasteiger partial charge in [0.05, 0.1) is 13.2 Å². The molecule has 8 heteroatoms. The second-order valence-electron chi connectivity index (χ2n) is 6.67. The number of nitrogens with one attached hydrogen (secondary N) is 1. The number of fused-ring (bicyclic) bond motifs is 1. The summed E-state index contributed by atoms with van der Waals surface area (Å²) in [5.41, 5.74) is 2.28. The van der Waals surface area contributed by atoms with E-state index >= 15 is 0 Å². The second kappa shape index (κ2) is 9.88. The highest BCUT2D eigenvalue weighted by Gasteiger charge is 2.17. The topological polar surface area (TPSA) is 98.1 Å². The fraction of sp³-hybridized carbons (Fsp3) is 0.381. The van der Waals surface area contributed by atoms with Gasteiger partial charge in [-0.15, -0.1) is 0 Å². The highest BCUT2D eigenvalue weighted by Crippen LogP contribution is 2.20. The Balaban J connectivity index is 1.50. The van der Waals surface area contributed by atoms with Crippen molar-refractivity contribution >= 4 is 11.9 Å². The zero-order chi connectivity index (χ0) is 20.6. The minimum Gasteiger partial charge on any atom is -0.477 e. The maximum atomic E-state index is 12.2. The number of benzene rings is 1. The monoisotopic (exact) mass is 400 g/mol. The van der Waals surface area contributed by atoms with Crippen LogP contribution in [0.1, 0.15) is 23.8 Å². The standard InChI is InChI=1S/C21H24N2O6/c1-2-27-21(26)10-22-20(25)14-29-19-13-28-17(9-18(19)24)12-23-8-7-15-5-3-4-6-16(15)11-23/h3-6,9,13H,2,7-8,10-12,14H2,1H3,(H,22,25). The fourth-order valence-electron chi connectivity index (χ4n) is 3.11. The Morgan fingerprint density at radius 1 is 1.24 bits per heavy atom. The Morgan fingerprint density at radius 3 is 2.79 bits per heavy atom. The summed E-state index contributed by atoms with van der Waals surface area (Å²) in [5.74, 6) is -0.587. The molecule has 0 aliphatic carbocycles. The Morgan fingerprint density at radius 2 is 2.03 bits per heavy atom. The summed E-state index contributed by atoms with van der Waals surface area (Å²) < 4.78 is 15.4. The molecule has 2 heterocycles. The number of esters is 1. The van der Waals surface area contributed by atoms with Gasteiger partial charge in [-0.3, -0.25) is 19.3 Å². The van der Waals surface area contributed by atoms with E-state index in [1.165, 1.54) is 23.5 Å². The van der Waals surface area contributed by atoms with E-state index in [-0.39, 0.29) is 24.3 Å². The number of carbonyl (C=O) groups excluding carboxylic acids is 2. The van der Waals surface area contributed by atoms with E-state index in [9.17, 15) is 14.4 Å². The van der Waals surface area contributed by atoms with E-state index < -0.39 is 18.5 Å². The lowest BCUT2D eigenvalue weighted by Crippen LogP contribution is -2.34. The SMILES string of the molecule is CCOC(=O)CNC(=O)COc1coc(CN2CCc3ccccc3C2)cc1=O. The van der Waals surface area contributed by atoms with Crippen LogP contribution >= 0.6 is 0 Å². The van der Waals surface area contributed by atoms with Crippen LogP contribution in [0.5, 0.6) is 5.75 Å². The van der Waals surface area contributed by atoms with Gasteiger partial charge in [0.15, 0.2) is 6.61 Å². The van der Waals surface area contributed by atoms with Gasteiger partial charge in [-0.25, -0.2) is 0 Å². The number of rotatable bonds is 8. The highest BCUT2D eigenvalue weighted by molar-refractivity contribution is 5.82. The zero-order valence-corrected chi connectivity index (χ0v) is 16.3. The number of amides is 1. The summed E-state index contributed by atoms with van der Waals surface area (Å²) in [6.45, 7) is 3.48. The van der Waals surface area contributed by atoms with E-state index in [4.69, 9.17) is 13.9 Å².